The zero-order valence-corrected chi connectivity index (χ0v) is 11.5. The molecule has 2 amide bonds. The van der Waals surface area contributed by atoms with Gasteiger partial charge in [0, 0.05) is 13.1 Å². The Morgan fingerprint density at radius 1 is 1.24 bits per heavy atom. The molecule has 0 aromatic carbocycles. The van der Waals surface area contributed by atoms with Crippen LogP contribution in [0.4, 0.5) is 0 Å². The van der Waals surface area contributed by atoms with Crippen molar-refractivity contribution in [3.05, 3.63) is 0 Å². The van der Waals surface area contributed by atoms with Crippen molar-refractivity contribution >= 4 is 11.8 Å². The number of hydrogen-bond acceptors (Lipinski definition) is 3. The maximum atomic E-state index is 11.7. The lowest BCUT2D eigenvalue weighted by Crippen LogP contribution is -2.51. The Morgan fingerprint density at radius 2 is 1.71 bits per heavy atom. The Balaban J connectivity index is 4.21. The molecule has 0 aliphatic rings. The predicted octanol–water partition coefficient (Wildman–Crippen LogP) is 0.344. The minimum absolute atomic E-state index is 0.0181. The van der Waals surface area contributed by atoms with Crippen molar-refractivity contribution < 1.29 is 9.59 Å². The minimum atomic E-state index is -0.605. The first-order valence-electron chi connectivity index (χ1n) is 6.05. The number of nitrogens with zero attached hydrogens (tertiary/aromatic N) is 1. The third-order valence-corrected chi connectivity index (χ3v) is 2.75. The second-order valence-corrected chi connectivity index (χ2v) is 5.13. The molecule has 0 aromatic rings. The van der Waals surface area contributed by atoms with Crippen molar-refractivity contribution in [3.8, 4) is 0 Å². The highest BCUT2D eigenvalue weighted by Crippen LogP contribution is 2.16. The maximum Gasteiger partial charge on any atom is 0.241 e. The Kier molecular flexibility index (Phi) is 6.16. The molecule has 100 valence electrons. The largest absolute Gasteiger partial charge is 0.346 e. The van der Waals surface area contributed by atoms with Gasteiger partial charge in [-0.15, -0.1) is 0 Å². The van der Waals surface area contributed by atoms with Crippen molar-refractivity contribution in [2.75, 3.05) is 19.6 Å². The smallest absolute Gasteiger partial charge is 0.241 e. The lowest BCUT2D eigenvalue weighted by Gasteiger charge is -2.26. The summed E-state index contributed by atoms with van der Waals surface area (Å²) in [5, 5.41) is 2.58. The number of nitrogens with two attached hydrogens (primary N) is 1. The molecule has 0 radical (unpaired) electrons. The maximum absolute atomic E-state index is 11.7. The van der Waals surface area contributed by atoms with E-state index in [1.54, 1.807) is 4.90 Å². The quantitative estimate of drug-likeness (QED) is 0.731. The Labute approximate surface area is 104 Å². The SMILES string of the molecule is CCN(CC)C(=O)CNC(=O)[C@@H](N)C(C)(C)C. The lowest BCUT2D eigenvalue weighted by atomic mass is 9.87. The summed E-state index contributed by atoms with van der Waals surface area (Å²) in [5.41, 5.74) is 5.48. The molecule has 5 nitrogen and oxygen atoms in total. The van der Waals surface area contributed by atoms with E-state index in [0.29, 0.717) is 13.1 Å². The fourth-order valence-corrected chi connectivity index (χ4v) is 1.35. The summed E-state index contributed by atoms with van der Waals surface area (Å²) >= 11 is 0. The molecular formula is C12H25N3O2. The van der Waals surface area contributed by atoms with Crippen LogP contribution >= 0.6 is 0 Å². The first kappa shape index (κ1) is 15.9. The van der Waals surface area contributed by atoms with E-state index in [2.05, 4.69) is 5.32 Å². The summed E-state index contributed by atoms with van der Waals surface area (Å²) in [6, 6.07) is -0.605. The van der Waals surface area contributed by atoms with Gasteiger partial charge in [0.05, 0.1) is 12.6 Å². The summed E-state index contributed by atoms with van der Waals surface area (Å²) in [6.07, 6.45) is 0. The fourth-order valence-electron chi connectivity index (χ4n) is 1.35. The minimum Gasteiger partial charge on any atom is -0.346 e. The molecule has 0 aromatic heterocycles. The van der Waals surface area contributed by atoms with Crippen LogP contribution in [-0.2, 0) is 9.59 Å². The lowest BCUT2D eigenvalue weighted by molar-refractivity contribution is -0.133. The molecule has 0 fully saturated rings. The van der Waals surface area contributed by atoms with Crippen LogP contribution in [0.15, 0.2) is 0 Å². The van der Waals surface area contributed by atoms with Crippen molar-refractivity contribution in [1.82, 2.24) is 10.2 Å². The number of rotatable bonds is 5. The van der Waals surface area contributed by atoms with E-state index < -0.39 is 6.04 Å². The van der Waals surface area contributed by atoms with Crippen LogP contribution in [-0.4, -0.2) is 42.4 Å². The number of nitrogens with one attached hydrogen (secondary N) is 1. The van der Waals surface area contributed by atoms with E-state index in [-0.39, 0.29) is 23.8 Å². The summed E-state index contributed by atoms with van der Waals surface area (Å²) in [7, 11) is 0. The third kappa shape index (κ3) is 5.17. The van der Waals surface area contributed by atoms with Gasteiger partial charge in [0.1, 0.15) is 0 Å². The molecule has 0 aliphatic carbocycles. The van der Waals surface area contributed by atoms with E-state index in [0.717, 1.165) is 0 Å². The monoisotopic (exact) mass is 243 g/mol. The molecule has 3 N–H and O–H groups in total. The van der Waals surface area contributed by atoms with Crippen LogP contribution in [0.5, 0.6) is 0 Å². The van der Waals surface area contributed by atoms with Gasteiger partial charge in [0.2, 0.25) is 11.8 Å². The topological polar surface area (TPSA) is 75.4 Å². The fraction of sp³-hybridized carbons (Fsp3) is 0.833. The molecule has 1 atom stereocenters. The number of carbonyl (C=O) groups is 2. The second-order valence-electron chi connectivity index (χ2n) is 5.13. The number of carbonyl (C=O) groups excluding carboxylic acids is 2. The van der Waals surface area contributed by atoms with Gasteiger partial charge < -0.3 is 16.0 Å². The van der Waals surface area contributed by atoms with E-state index in [4.69, 9.17) is 5.73 Å². The standard InChI is InChI=1S/C12H25N3O2/c1-6-15(7-2)9(16)8-14-11(17)10(13)12(3,4)5/h10H,6-8,13H2,1-5H3,(H,14,17)/t10-/m1/s1. The van der Waals surface area contributed by atoms with Gasteiger partial charge in [-0.25, -0.2) is 0 Å². The van der Waals surface area contributed by atoms with Crippen LogP contribution in [0.1, 0.15) is 34.6 Å². The molecule has 0 aliphatic heterocycles. The summed E-state index contributed by atoms with van der Waals surface area (Å²) in [6.45, 7) is 10.8. The van der Waals surface area contributed by atoms with E-state index in [9.17, 15) is 9.59 Å². The van der Waals surface area contributed by atoms with Gasteiger partial charge in [-0.2, -0.15) is 0 Å². The second kappa shape index (κ2) is 6.59. The van der Waals surface area contributed by atoms with E-state index in [1.807, 2.05) is 34.6 Å². The van der Waals surface area contributed by atoms with Gasteiger partial charge in [0.25, 0.3) is 0 Å². The third-order valence-electron chi connectivity index (χ3n) is 2.75. The molecule has 5 heteroatoms. The van der Waals surface area contributed by atoms with Crippen LogP contribution in [0.2, 0.25) is 0 Å². The van der Waals surface area contributed by atoms with Crippen molar-refractivity contribution in [3.63, 3.8) is 0 Å². The first-order valence-corrected chi connectivity index (χ1v) is 6.05. The van der Waals surface area contributed by atoms with Gasteiger partial charge in [0.15, 0.2) is 0 Å². The molecule has 0 spiro atoms. The molecule has 0 rings (SSSR count). The van der Waals surface area contributed by atoms with Crippen molar-refractivity contribution in [2.24, 2.45) is 11.1 Å². The van der Waals surface area contributed by atoms with Gasteiger partial charge in [-0.3, -0.25) is 9.59 Å². The highest BCUT2D eigenvalue weighted by atomic mass is 16.2. The highest BCUT2D eigenvalue weighted by molar-refractivity contribution is 5.87. The zero-order valence-electron chi connectivity index (χ0n) is 11.5. The van der Waals surface area contributed by atoms with Gasteiger partial charge in [-0.1, -0.05) is 20.8 Å². The van der Waals surface area contributed by atoms with E-state index in [1.165, 1.54) is 0 Å². The Bertz CT molecular complexity index is 267. The van der Waals surface area contributed by atoms with Crippen LogP contribution in [0.25, 0.3) is 0 Å². The Morgan fingerprint density at radius 3 is 2.06 bits per heavy atom. The number of amides is 2. The highest BCUT2D eigenvalue weighted by Gasteiger charge is 2.27. The van der Waals surface area contributed by atoms with Gasteiger partial charge in [-0.05, 0) is 19.3 Å². The van der Waals surface area contributed by atoms with Gasteiger partial charge >= 0.3 is 0 Å². The molecule has 0 saturated carbocycles. The average molecular weight is 243 g/mol. The predicted molar refractivity (Wildman–Crippen MR) is 68.4 cm³/mol. The Hall–Kier alpha value is -1.10. The van der Waals surface area contributed by atoms with Crippen molar-refractivity contribution in [2.45, 2.75) is 40.7 Å². The summed E-state index contributed by atoms with van der Waals surface area (Å²) < 4.78 is 0. The molecule has 17 heavy (non-hydrogen) atoms. The molecule has 0 unspecified atom stereocenters. The van der Waals surface area contributed by atoms with Crippen LogP contribution in [0.3, 0.4) is 0 Å². The first-order chi connectivity index (χ1) is 7.73. The zero-order chi connectivity index (χ0) is 13.6. The molecular weight excluding hydrogens is 218 g/mol. The average Bonchev–Trinajstić information content (AvgIpc) is 2.25. The molecule has 0 heterocycles. The van der Waals surface area contributed by atoms with Crippen LogP contribution in [0, 0.1) is 5.41 Å². The molecule has 0 saturated heterocycles. The van der Waals surface area contributed by atoms with E-state index >= 15 is 0 Å². The normalized spacial score (nSPS) is 13.1. The summed E-state index contributed by atoms with van der Waals surface area (Å²) in [4.78, 5) is 25.0. The number of hydrogen-bond donors (Lipinski definition) is 2. The summed E-state index contributed by atoms with van der Waals surface area (Å²) in [5.74, 6) is -0.359. The van der Waals surface area contributed by atoms with Crippen LogP contribution < -0.4 is 11.1 Å². The molecule has 0 bridgehead atoms. The number of likely N-dealkylation sites (N-methyl/N-ethyl adjacent to an activating group) is 1. The van der Waals surface area contributed by atoms with Crippen molar-refractivity contribution in [1.29, 1.82) is 0 Å².